The second kappa shape index (κ2) is 7.51. The lowest BCUT2D eigenvalue weighted by molar-refractivity contribution is 0.294. The van der Waals surface area contributed by atoms with Crippen molar-refractivity contribution in [3.8, 4) is 0 Å². The Labute approximate surface area is 122 Å². The first kappa shape index (κ1) is 14.4. The minimum absolute atomic E-state index is 0.626. The van der Waals surface area contributed by atoms with Crippen molar-refractivity contribution in [2.75, 3.05) is 12.8 Å². The van der Waals surface area contributed by atoms with Crippen LogP contribution in [0.2, 0.25) is 0 Å². The molecule has 1 aromatic rings. The lowest BCUT2D eigenvalue weighted by Crippen LogP contribution is -2.36. The van der Waals surface area contributed by atoms with Gasteiger partial charge < -0.3 is 5.32 Å². The molecule has 0 amide bonds. The highest BCUT2D eigenvalue weighted by Crippen LogP contribution is 2.29. The summed E-state index contributed by atoms with van der Waals surface area (Å²) in [6.45, 7) is 0. The van der Waals surface area contributed by atoms with E-state index in [0.29, 0.717) is 6.04 Å². The molecule has 1 unspecified atom stereocenters. The molecule has 1 fully saturated rings. The average molecular weight is 329 g/mol. The summed E-state index contributed by atoms with van der Waals surface area (Å²) in [6.07, 6.45) is 8.89. The molecule has 1 aliphatic carbocycles. The third-order valence-corrected chi connectivity index (χ3v) is 5.23. The fourth-order valence-electron chi connectivity index (χ4n) is 2.61. The van der Waals surface area contributed by atoms with E-state index in [1.54, 1.807) is 0 Å². The largest absolute Gasteiger partial charge is 0.316 e. The molecular formula is C14H21BrN2S. The molecule has 2 nitrogen and oxygen atoms in total. The molecule has 0 bridgehead atoms. The molecule has 0 aliphatic heterocycles. The summed E-state index contributed by atoms with van der Waals surface area (Å²) >= 11 is 5.28. The van der Waals surface area contributed by atoms with Gasteiger partial charge in [0.25, 0.3) is 0 Å². The van der Waals surface area contributed by atoms with Gasteiger partial charge in [0.2, 0.25) is 0 Å². The first-order chi connectivity index (χ1) is 8.79. The SMILES string of the molecule is CNC(CSc1ccc(Br)cn1)C1CCCCC1. The van der Waals surface area contributed by atoms with Gasteiger partial charge in [-0.25, -0.2) is 4.98 Å². The van der Waals surface area contributed by atoms with Crippen molar-refractivity contribution >= 4 is 27.7 Å². The third kappa shape index (κ3) is 4.25. The number of nitrogens with zero attached hydrogens (tertiary/aromatic N) is 1. The van der Waals surface area contributed by atoms with Crippen LogP contribution >= 0.6 is 27.7 Å². The number of nitrogens with one attached hydrogen (secondary N) is 1. The Bertz CT molecular complexity index is 349. The summed E-state index contributed by atoms with van der Waals surface area (Å²) in [5.74, 6) is 1.97. The average Bonchev–Trinajstić information content (AvgIpc) is 2.43. The van der Waals surface area contributed by atoms with Crippen LogP contribution in [-0.2, 0) is 0 Å². The van der Waals surface area contributed by atoms with E-state index in [4.69, 9.17) is 0 Å². The van der Waals surface area contributed by atoms with Crippen molar-refractivity contribution in [3.63, 3.8) is 0 Å². The van der Waals surface area contributed by atoms with Crippen molar-refractivity contribution in [3.05, 3.63) is 22.8 Å². The van der Waals surface area contributed by atoms with Crippen LogP contribution in [0.4, 0.5) is 0 Å². The second-order valence-corrected chi connectivity index (χ2v) is 6.87. The van der Waals surface area contributed by atoms with Gasteiger partial charge in [-0.3, -0.25) is 0 Å². The Kier molecular flexibility index (Phi) is 5.99. The van der Waals surface area contributed by atoms with Gasteiger partial charge in [-0.05, 0) is 53.9 Å². The zero-order valence-electron chi connectivity index (χ0n) is 10.9. The lowest BCUT2D eigenvalue weighted by atomic mass is 9.84. The first-order valence-corrected chi connectivity index (χ1v) is 8.49. The van der Waals surface area contributed by atoms with E-state index < -0.39 is 0 Å². The molecule has 0 radical (unpaired) electrons. The fourth-order valence-corrected chi connectivity index (χ4v) is 3.93. The summed E-state index contributed by atoms with van der Waals surface area (Å²) in [5, 5.41) is 4.62. The Balaban J connectivity index is 1.84. The van der Waals surface area contributed by atoms with Crippen LogP contribution in [0.25, 0.3) is 0 Å². The van der Waals surface area contributed by atoms with E-state index in [1.165, 1.54) is 32.1 Å². The Morgan fingerprint density at radius 3 is 2.78 bits per heavy atom. The number of aromatic nitrogens is 1. The summed E-state index contributed by atoms with van der Waals surface area (Å²) in [7, 11) is 2.09. The maximum atomic E-state index is 4.42. The van der Waals surface area contributed by atoms with E-state index >= 15 is 0 Å². The number of rotatable bonds is 5. The maximum Gasteiger partial charge on any atom is 0.0961 e. The molecule has 1 atom stereocenters. The van der Waals surface area contributed by atoms with Crippen molar-refractivity contribution in [2.45, 2.75) is 43.2 Å². The van der Waals surface area contributed by atoms with Gasteiger partial charge in [-0.1, -0.05) is 19.3 Å². The predicted octanol–water partition coefficient (Wildman–Crippen LogP) is 4.10. The van der Waals surface area contributed by atoms with Crippen molar-refractivity contribution in [1.29, 1.82) is 0 Å². The summed E-state index contributed by atoms with van der Waals surface area (Å²) in [4.78, 5) is 4.42. The normalized spacial score (nSPS) is 18.8. The number of thioether (sulfide) groups is 1. The van der Waals surface area contributed by atoms with Crippen LogP contribution in [0, 0.1) is 5.92 Å². The van der Waals surface area contributed by atoms with Crippen LogP contribution in [0.3, 0.4) is 0 Å². The molecule has 1 aromatic heterocycles. The highest BCUT2D eigenvalue weighted by Gasteiger charge is 2.22. The lowest BCUT2D eigenvalue weighted by Gasteiger charge is -2.29. The van der Waals surface area contributed by atoms with Gasteiger partial charge in [0, 0.05) is 22.5 Å². The maximum absolute atomic E-state index is 4.42. The van der Waals surface area contributed by atoms with Gasteiger partial charge in [0.1, 0.15) is 0 Å². The van der Waals surface area contributed by atoms with Gasteiger partial charge >= 0.3 is 0 Å². The van der Waals surface area contributed by atoms with Crippen molar-refractivity contribution in [1.82, 2.24) is 10.3 Å². The minimum Gasteiger partial charge on any atom is -0.316 e. The van der Waals surface area contributed by atoms with Crippen molar-refractivity contribution < 1.29 is 0 Å². The van der Waals surface area contributed by atoms with E-state index in [9.17, 15) is 0 Å². The van der Waals surface area contributed by atoms with Gasteiger partial charge in [-0.2, -0.15) is 0 Å². The molecule has 1 aliphatic rings. The number of hydrogen-bond donors (Lipinski definition) is 1. The number of hydrogen-bond acceptors (Lipinski definition) is 3. The molecule has 0 spiro atoms. The van der Waals surface area contributed by atoms with Crippen molar-refractivity contribution in [2.24, 2.45) is 5.92 Å². The standard InChI is InChI=1S/C14H21BrN2S/c1-16-13(11-5-3-2-4-6-11)10-18-14-8-7-12(15)9-17-14/h7-9,11,13,16H,2-6,10H2,1H3. The van der Waals surface area contributed by atoms with E-state index in [0.717, 1.165) is 21.2 Å². The number of pyridine rings is 1. The third-order valence-electron chi connectivity index (χ3n) is 3.70. The van der Waals surface area contributed by atoms with Gasteiger partial charge in [0.05, 0.1) is 5.03 Å². The van der Waals surface area contributed by atoms with Gasteiger partial charge in [0.15, 0.2) is 0 Å². The molecule has 1 heterocycles. The topological polar surface area (TPSA) is 24.9 Å². The molecule has 0 saturated heterocycles. The molecule has 0 aromatic carbocycles. The second-order valence-electron chi connectivity index (χ2n) is 4.92. The van der Waals surface area contributed by atoms with Gasteiger partial charge in [-0.15, -0.1) is 11.8 Å². The quantitative estimate of drug-likeness (QED) is 0.823. The monoisotopic (exact) mass is 328 g/mol. The smallest absolute Gasteiger partial charge is 0.0961 e. The molecule has 1 N–H and O–H groups in total. The molecular weight excluding hydrogens is 308 g/mol. The van der Waals surface area contributed by atoms with Crippen LogP contribution in [0.5, 0.6) is 0 Å². The highest BCUT2D eigenvalue weighted by atomic mass is 79.9. The van der Waals surface area contributed by atoms with Crippen LogP contribution in [0.1, 0.15) is 32.1 Å². The van der Waals surface area contributed by atoms with Crippen LogP contribution in [-0.4, -0.2) is 23.8 Å². The molecule has 4 heteroatoms. The van der Waals surface area contributed by atoms with E-state index in [-0.39, 0.29) is 0 Å². The summed E-state index contributed by atoms with van der Waals surface area (Å²) < 4.78 is 1.05. The minimum atomic E-state index is 0.626. The fraction of sp³-hybridized carbons (Fsp3) is 0.643. The Morgan fingerprint density at radius 1 is 1.39 bits per heavy atom. The highest BCUT2D eigenvalue weighted by molar-refractivity contribution is 9.10. The molecule has 2 rings (SSSR count). The van der Waals surface area contributed by atoms with E-state index in [2.05, 4.69) is 45.4 Å². The molecule has 100 valence electrons. The Hall–Kier alpha value is -0.0600. The zero-order valence-corrected chi connectivity index (χ0v) is 13.3. The van der Waals surface area contributed by atoms with E-state index in [1.807, 2.05) is 18.0 Å². The Morgan fingerprint density at radius 2 is 2.17 bits per heavy atom. The summed E-state index contributed by atoms with van der Waals surface area (Å²) in [6, 6.07) is 4.77. The van der Waals surface area contributed by atoms with Crippen LogP contribution in [0.15, 0.2) is 27.8 Å². The molecule has 1 saturated carbocycles. The predicted molar refractivity (Wildman–Crippen MR) is 82.1 cm³/mol. The van der Waals surface area contributed by atoms with Crippen LogP contribution < -0.4 is 5.32 Å². The zero-order chi connectivity index (χ0) is 12.8. The summed E-state index contributed by atoms with van der Waals surface area (Å²) in [5.41, 5.74) is 0. The number of halogens is 1. The first-order valence-electron chi connectivity index (χ1n) is 6.71. The molecule has 18 heavy (non-hydrogen) atoms.